The standard InChI is InChI=1S/C16H17NO2/c1-11-7-8-13(12(9-11)10-16(18)19-2)14-5-3-4-6-15(14)17/h3-9H,10,17H2,1-2H3. The second-order valence-corrected chi connectivity index (χ2v) is 4.50. The van der Waals surface area contributed by atoms with Crippen molar-refractivity contribution in [2.75, 3.05) is 12.8 Å². The van der Waals surface area contributed by atoms with E-state index >= 15 is 0 Å². The van der Waals surface area contributed by atoms with Crippen molar-refractivity contribution in [3.05, 3.63) is 53.6 Å². The van der Waals surface area contributed by atoms with Crippen LogP contribution in [0.1, 0.15) is 11.1 Å². The van der Waals surface area contributed by atoms with Crippen LogP contribution in [0.2, 0.25) is 0 Å². The van der Waals surface area contributed by atoms with Crippen molar-refractivity contribution in [2.24, 2.45) is 0 Å². The molecule has 0 aromatic heterocycles. The number of benzene rings is 2. The molecule has 0 spiro atoms. The summed E-state index contributed by atoms with van der Waals surface area (Å²) in [6, 6.07) is 13.7. The molecule has 2 rings (SSSR count). The SMILES string of the molecule is COC(=O)Cc1cc(C)ccc1-c1ccccc1N. The lowest BCUT2D eigenvalue weighted by atomic mass is 9.95. The summed E-state index contributed by atoms with van der Waals surface area (Å²) in [5.41, 5.74) is 10.7. The van der Waals surface area contributed by atoms with Crippen LogP contribution >= 0.6 is 0 Å². The number of nitrogen functional groups attached to an aromatic ring is 1. The summed E-state index contributed by atoms with van der Waals surface area (Å²) in [5, 5.41) is 0. The Hall–Kier alpha value is -2.29. The summed E-state index contributed by atoms with van der Waals surface area (Å²) in [4.78, 5) is 11.5. The first-order valence-electron chi connectivity index (χ1n) is 6.13. The van der Waals surface area contributed by atoms with E-state index in [1.807, 2.05) is 49.4 Å². The van der Waals surface area contributed by atoms with Gasteiger partial charge in [0.25, 0.3) is 0 Å². The first kappa shape index (κ1) is 13.1. The molecule has 2 aromatic carbocycles. The van der Waals surface area contributed by atoms with E-state index in [4.69, 9.17) is 10.5 Å². The van der Waals surface area contributed by atoms with Crippen molar-refractivity contribution in [3.8, 4) is 11.1 Å². The number of carbonyl (C=O) groups excluding carboxylic acids is 1. The summed E-state index contributed by atoms with van der Waals surface area (Å²) in [6.07, 6.45) is 0.252. The lowest BCUT2D eigenvalue weighted by molar-refractivity contribution is -0.139. The number of esters is 1. The Labute approximate surface area is 113 Å². The fourth-order valence-corrected chi connectivity index (χ4v) is 2.10. The lowest BCUT2D eigenvalue weighted by Gasteiger charge is -2.12. The predicted octanol–water partition coefficient (Wildman–Crippen LogP) is 2.96. The van der Waals surface area contributed by atoms with Crippen LogP contribution in [0.25, 0.3) is 11.1 Å². The minimum absolute atomic E-state index is 0.249. The number of aryl methyl sites for hydroxylation is 1. The third-order valence-corrected chi connectivity index (χ3v) is 3.07. The molecule has 98 valence electrons. The average Bonchev–Trinajstić information content (AvgIpc) is 2.40. The van der Waals surface area contributed by atoms with Crippen LogP contribution in [0.5, 0.6) is 0 Å². The highest BCUT2D eigenvalue weighted by molar-refractivity contribution is 5.82. The third kappa shape index (κ3) is 2.94. The monoisotopic (exact) mass is 255 g/mol. The molecule has 3 heteroatoms. The molecule has 0 radical (unpaired) electrons. The molecule has 3 nitrogen and oxygen atoms in total. The summed E-state index contributed by atoms with van der Waals surface area (Å²) in [5.74, 6) is -0.249. The summed E-state index contributed by atoms with van der Waals surface area (Å²) < 4.78 is 4.74. The average molecular weight is 255 g/mol. The van der Waals surface area contributed by atoms with Crippen molar-refractivity contribution in [3.63, 3.8) is 0 Å². The van der Waals surface area contributed by atoms with Crippen molar-refractivity contribution in [1.82, 2.24) is 0 Å². The highest BCUT2D eigenvalue weighted by Crippen LogP contribution is 2.29. The number of anilines is 1. The highest BCUT2D eigenvalue weighted by atomic mass is 16.5. The fraction of sp³-hybridized carbons (Fsp3) is 0.188. The molecule has 0 heterocycles. The van der Waals surface area contributed by atoms with Crippen LogP contribution in [-0.2, 0) is 16.0 Å². The van der Waals surface area contributed by atoms with E-state index in [1.165, 1.54) is 7.11 Å². The number of hydrogen-bond acceptors (Lipinski definition) is 3. The topological polar surface area (TPSA) is 52.3 Å². The van der Waals surface area contributed by atoms with Gasteiger partial charge in [-0.15, -0.1) is 0 Å². The van der Waals surface area contributed by atoms with Gasteiger partial charge in [-0.1, -0.05) is 42.0 Å². The zero-order valence-electron chi connectivity index (χ0n) is 11.1. The Morgan fingerprint density at radius 1 is 1.16 bits per heavy atom. The summed E-state index contributed by atoms with van der Waals surface area (Å²) >= 11 is 0. The number of nitrogens with two attached hydrogens (primary N) is 1. The minimum atomic E-state index is -0.249. The van der Waals surface area contributed by atoms with Gasteiger partial charge >= 0.3 is 5.97 Å². The fourth-order valence-electron chi connectivity index (χ4n) is 2.10. The minimum Gasteiger partial charge on any atom is -0.469 e. The van der Waals surface area contributed by atoms with Crippen molar-refractivity contribution in [2.45, 2.75) is 13.3 Å². The molecule has 0 aliphatic rings. The molecule has 0 amide bonds. The molecule has 0 atom stereocenters. The number of hydrogen-bond donors (Lipinski definition) is 1. The van der Waals surface area contributed by atoms with Crippen LogP contribution in [0.3, 0.4) is 0 Å². The smallest absolute Gasteiger partial charge is 0.309 e. The van der Waals surface area contributed by atoms with Crippen LogP contribution in [0, 0.1) is 6.92 Å². The molecule has 0 bridgehead atoms. The Morgan fingerprint density at radius 3 is 2.58 bits per heavy atom. The highest BCUT2D eigenvalue weighted by Gasteiger charge is 2.11. The molecule has 0 saturated heterocycles. The van der Waals surface area contributed by atoms with Gasteiger partial charge in [0, 0.05) is 11.3 Å². The Morgan fingerprint density at radius 2 is 1.89 bits per heavy atom. The van der Waals surface area contributed by atoms with Crippen LogP contribution < -0.4 is 5.73 Å². The molecule has 2 N–H and O–H groups in total. The number of ether oxygens (including phenoxy) is 1. The molecule has 0 saturated carbocycles. The molecule has 0 aliphatic heterocycles. The van der Waals surface area contributed by atoms with Gasteiger partial charge in [0.1, 0.15) is 0 Å². The van der Waals surface area contributed by atoms with Gasteiger partial charge in [-0.2, -0.15) is 0 Å². The van der Waals surface area contributed by atoms with Gasteiger partial charge in [-0.3, -0.25) is 4.79 Å². The van der Waals surface area contributed by atoms with Gasteiger partial charge in [-0.25, -0.2) is 0 Å². The van der Waals surface area contributed by atoms with Crippen LogP contribution in [0.4, 0.5) is 5.69 Å². The Bertz CT molecular complexity index is 605. The van der Waals surface area contributed by atoms with E-state index in [2.05, 4.69) is 0 Å². The van der Waals surface area contributed by atoms with Crippen molar-refractivity contribution < 1.29 is 9.53 Å². The van der Waals surface area contributed by atoms with Gasteiger partial charge in [0.05, 0.1) is 13.5 Å². The first-order chi connectivity index (χ1) is 9.11. The van der Waals surface area contributed by atoms with E-state index in [1.54, 1.807) is 0 Å². The maximum absolute atomic E-state index is 11.5. The van der Waals surface area contributed by atoms with Gasteiger partial charge < -0.3 is 10.5 Å². The Kier molecular flexibility index (Phi) is 3.85. The van der Waals surface area contributed by atoms with E-state index < -0.39 is 0 Å². The molecule has 0 fully saturated rings. The molecule has 0 aliphatic carbocycles. The summed E-state index contributed by atoms with van der Waals surface area (Å²) in [6.45, 7) is 2.00. The Balaban J connectivity index is 2.51. The summed E-state index contributed by atoms with van der Waals surface area (Å²) in [7, 11) is 1.40. The van der Waals surface area contributed by atoms with Gasteiger partial charge in [0.15, 0.2) is 0 Å². The van der Waals surface area contributed by atoms with Crippen molar-refractivity contribution in [1.29, 1.82) is 0 Å². The van der Waals surface area contributed by atoms with E-state index in [0.717, 1.165) is 22.3 Å². The molecular weight excluding hydrogens is 238 g/mol. The van der Waals surface area contributed by atoms with Crippen molar-refractivity contribution >= 4 is 11.7 Å². The predicted molar refractivity (Wildman–Crippen MR) is 76.7 cm³/mol. The number of carbonyl (C=O) groups is 1. The van der Waals surface area contributed by atoms with E-state index in [9.17, 15) is 4.79 Å². The zero-order valence-corrected chi connectivity index (χ0v) is 11.1. The van der Waals surface area contributed by atoms with E-state index in [0.29, 0.717) is 5.69 Å². The maximum atomic E-state index is 11.5. The molecule has 2 aromatic rings. The maximum Gasteiger partial charge on any atom is 0.309 e. The second kappa shape index (κ2) is 5.57. The van der Waals surface area contributed by atoms with Gasteiger partial charge in [-0.05, 0) is 24.1 Å². The van der Waals surface area contributed by atoms with Crippen LogP contribution in [0.15, 0.2) is 42.5 Å². The third-order valence-electron chi connectivity index (χ3n) is 3.07. The van der Waals surface area contributed by atoms with Gasteiger partial charge in [0.2, 0.25) is 0 Å². The normalized spacial score (nSPS) is 10.2. The molecular formula is C16H17NO2. The van der Waals surface area contributed by atoms with Crippen LogP contribution in [-0.4, -0.2) is 13.1 Å². The number of methoxy groups -OCH3 is 1. The lowest BCUT2D eigenvalue weighted by Crippen LogP contribution is -2.06. The second-order valence-electron chi connectivity index (χ2n) is 4.50. The largest absolute Gasteiger partial charge is 0.469 e. The first-order valence-corrected chi connectivity index (χ1v) is 6.13. The van der Waals surface area contributed by atoms with E-state index in [-0.39, 0.29) is 12.4 Å². The number of para-hydroxylation sites is 1. The quantitative estimate of drug-likeness (QED) is 0.677. The molecule has 19 heavy (non-hydrogen) atoms. The zero-order chi connectivity index (χ0) is 13.8. The molecule has 0 unspecified atom stereocenters. The number of rotatable bonds is 3.